The fraction of sp³-hybridized carbons (Fsp3) is 0.435. The van der Waals surface area contributed by atoms with E-state index in [1.165, 1.54) is 36.2 Å². The predicted molar refractivity (Wildman–Crippen MR) is 119 cm³/mol. The maximum atomic E-state index is 13.3. The Morgan fingerprint density at radius 3 is 2.42 bits per heavy atom. The SMILES string of the molecule is CCc1ccc(C(C)NC(=O)C2CCCN2S(=O)(=O)c2ccc(OC)c(OC)c2)cc1. The first-order chi connectivity index (χ1) is 14.8. The number of amides is 1. The van der Waals surface area contributed by atoms with Crippen LogP contribution in [0.2, 0.25) is 0 Å². The zero-order chi connectivity index (χ0) is 22.6. The van der Waals surface area contributed by atoms with Crippen LogP contribution in [-0.4, -0.2) is 45.4 Å². The summed E-state index contributed by atoms with van der Waals surface area (Å²) in [4.78, 5) is 13.1. The van der Waals surface area contributed by atoms with Gasteiger partial charge in [-0.1, -0.05) is 31.2 Å². The Bertz CT molecular complexity index is 1020. The van der Waals surface area contributed by atoms with E-state index >= 15 is 0 Å². The third kappa shape index (κ3) is 4.85. The summed E-state index contributed by atoms with van der Waals surface area (Å²) < 4.78 is 38.3. The second-order valence-electron chi connectivity index (χ2n) is 7.62. The molecule has 1 amide bonds. The molecule has 0 aliphatic carbocycles. The van der Waals surface area contributed by atoms with E-state index in [2.05, 4.69) is 12.2 Å². The van der Waals surface area contributed by atoms with E-state index in [1.807, 2.05) is 31.2 Å². The van der Waals surface area contributed by atoms with Crippen LogP contribution in [0.25, 0.3) is 0 Å². The number of rotatable bonds is 8. The molecule has 1 heterocycles. The molecular formula is C23H30N2O5S. The third-order valence-corrected chi connectivity index (χ3v) is 7.62. The van der Waals surface area contributed by atoms with Gasteiger partial charge in [0.25, 0.3) is 0 Å². The van der Waals surface area contributed by atoms with Gasteiger partial charge in [0.15, 0.2) is 11.5 Å². The molecule has 168 valence electrons. The normalized spacial score (nSPS) is 17.9. The van der Waals surface area contributed by atoms with Crippen LogP contribution in [0.5, 0.6) is 11.5 Å². The molecule has 1 N–H and O–H groups in total. The molecule has 1 aliphatic rings. The lowest BCUT2D eigenvalue weighted by Crippen LogP contribution is -2.46. The first-order valence-corrected chi connectivity index (χ1v) is 11.9. The minimum atomic E-state index is -3.86. The highest BCUT2D eigenvalue weighted by Crippen LogP contribution is 2.33. The molecule has 0 saturated carbocycles. The van der Waals surface area contributed by atoms with Crippen molar-refractivity contribution in [1.82, 2.24) is 9.62 Å². The number of carbonyl (C=O) groups is 1. The van der Waals surface area contributed by atoms with Gasteiger partial charge in [0.05, 0.1) is 25.2 Å². The van der Waals surface area contributed by atoms with Crippen LogP contribution in [-0.2, 0) is 21.2 Å². The molecule has 0 spiro atoms. The lowest BCUT2D eigenvalue weighted by atomic mass is 10.0. The maximum absolute atomic E-state index is 13.3. The van der Waals surface area contributed by atoms with Crippen LogP contribution in [0.3, 0.4) is 0 Å². The highest BCUT2D eigenvalue weighted by atomic mass is 32.2. The molecule has 0 aromatic heterocycles. The van der Waals surface area contributed by atoms with Gasteiger partial charge in [0.2, 0.25) is 15.9 Å². The second-order valence-corrected chi connectivity index (χ2v) is 9.51. The Morgan fingerprint density at radius 1 is 1.13 bits per heavy atom. The number of hydrogen-bond donors (Lipinski definition) is 1. The fourth-order valence-electron chi connectivity index (χ4n) is 3.84. The Hall–Kier alpha value is -2.58. The van der Waals surface area contributed by atoms with Crippen molar-refractivity contribution in [2.45, 2.75) is 50.1 Å². The molecule has 2 aromatic carbocycles. The number of nitrogens with zero attached hydrogens (tertiary/aromatic N) is 1. The van der Waals surface area contributed by atoms with Crippen molar-refractivity contribution in [3.05, 3.63) is 53.6 Å². The van der Waals surface area contributed by atoms with Crippen LogP contribution in [0, 0.1) is 0 Å². The van der Waals surface area contributed by atoms with Crippen LogP contribution in [0.4, 0.5) is 0 Å². The summed E-state index contributed by atoms with van der Waals surface area (Å²) in [5, 5.41) is 2.98. The summed E-state index contributed by atoms with van der Waals surface area (Å²) in [5.41, 5.74) is 2.21. The topological polar surface area (TPSA) is 84.9 Å². The molecule has 0 bridgehead atoms. The maximum Gasteiger partial charge on any atom is 0.243 e. The standard InChI is InChI=1S/C23H30N2O5S/c1-5-17-8-10-18(11-9-17)16(2)24-23(26)20-7-6-14-25(20)31(27,28)19-12-13-21(29-3)22(15-19)30-4/h8-13,15-16,20H,5-7,14H2,1-4H3,(H,24,26). The lowest BCUT2D eigenvalue weighted by Gasteiger charge is -2.25. The van der Waals surface area contributed by atoms with Crippen molar-refractivity contribution in [1.29, 1.82) is 0 Å². The highest BCUT2D eigenvalue weighted by molar-refractivity contribution is 7.89. The average Bonchev–Trinajstić information content (AvgIpc) is 3.29. The number of sulfonamides is 1. The van der Waals surface area contributed by atoms with Crippen molar-refractivity contribution in [2.75, 3.05) is 20.8 Å². The first kappa shape index (κ1) is 23.1. The fourth-order valence-corrected chi connectivity index (χ4v) is 5.51. The lowest BCUT2D eigenvalue weighted by molar-refractivity contribution is -0.124. The summed E-state index contributed by atoms with van der Waals surface area (Å²) in [7, 11) is -0.920. The summed E-state index contributed by atoms with van der Waals surface area (Å²) in [5.74, 6) is 0.488. The molecule has 2 unspecified atom stereocenters. The zero-order valence-electron chi connectivity index (χ0n) is 18.4. The molecule has 7 nitrogen and oxygen atoms in total. The average molecular weight is 447 g/mol. The van der Waals surface area contributed by atoms with Gasteiger partial charge in [0.1, 0.15) is 6.04 Å². The molecule has 2 aromatic rings. The minimum absolute atomic E-state index is 0.0769. The smallest absolute Gasteiger partial charge is 0.243 e. The van der Waals surface area contributed by atoms with Crippen molar-refractivity contribution in [2.24, 2.45) is 0 Å². The quantitative estimate of drug-likeness (QED) is 0.673. The molecule has 1 saturated heterocycles. The first-order valence-electron chi connectivity index (χ1n) is 10.4. The number of ether oxygens (including phenoxy) is 2. The van der Waals surface area contributed by atoms with E-state index in [-0.39, 0.29) is 16.8 Å². The molecule has 31 heavy (non-hydrogen) atoms. The summed E-state index contributed by atoms with van der Waals surface area (Å²) in [6, 6.07) is 11.6. The van der Waals surface area contributed by atoms with E-state index in [0.29, 0.717) is 30.9 Å². The van der Waals surface area contributed by atoms with Crippen molar-refractivity contribution in [3.63, 3.8) is 0 Å². The highest BCUT2D eigenvalue weighted by Gasteiger charge is 2.40. The Morgan fingerprint density at radius 2 is 1.81 bits per heavy atom. The largest absolute Gasteiger partial charge is 0.493 e. The zero-order valence-corrected chi connectivity index (χ0v) is 19.2. The van der Waals surface area contributed by atoms with Crippen LogP contribution in [0.1, 0.15) is 43.9 Å². The van der Waals surface area contributed by atoms with Crippen LogP contribution in [0.15, 0.2) is 47.4 Å². The molecule has 8 heteroatoms. The van der Waals surface area contributed by atoms with Gasteiger partial charge in [-0.05, 0) is 49.4 Å². The number of aryl methyl sites for hydroxylation is 1. The third-order valence-electron chi connectivity index (χ3n) is 5.71. The number of carbonyl (C=O) groups excluding carboxylic acids is 1. The molecule has 1 aliphatic heterocycles. The van der Waals surface area contributed by atoms with Crippen LogP contribution < -0.4 is 14.8 Å². The predicted octanol–water partition coefficient (Wildman–Crippen LogP) is 3.30. The number of nitrogens with one attached hydrogen (secondary N) is 1. The Balaban J connectivity index is 1.78. The van der Waals surface area contributed by atoms with Gasteiger partial charge >= 0.3 is 0 Å². The van der Waals surface area contributed by atoms with E-state index < -0.39 is 16.1 Å². The van der Waals surface area contributed by atoms with Gasteiger partial charge in [-0.15, -0.1) is 0 Å². The Labute approximate surface area is 184 Å². The summed E-state index contributed by atoms with van der Waals surface area (Å²) >= 11 is 0. The van der Waals surface area contributed by atoms with Gasteiger partial charge < -0.3 is 14.8 Å². The monoisotopic (exact) mass is 446 g/mol. The molecular weight excluding hydrogens is 416 g/mol. The molecule has 0 radical (unpaired) electrons. The summed E-state index contributed by atoms with van der Waals surface area (Å²) in [6.07, 6.45) is 2.07. The van der Waals surface area contributed by atoms with Crippen molar-refractivity contribution in [3.8, 4) is 11.5 Å². The minimum Gasteiger partial charge on any atom is -0.493 e. The van der Waals surface area contributed by atoms with Crippen molar-refractivity contribution < 1.29 is 22.7 Å². The molecule has 2 atom stereocenters. The van der Waals surface area contributed by atoms with Gasteiger partial charge in [-0.2, -0.15) is 4.31 Å². The number of methoxy groups -OCH3 is 2. The summed E-state index contributed by atoms with van der Waals surface area (Å²) in [6.45, 7) is 4.29. The Kier molecular flexibility index (Phi) is 7.23. The van der Waals surface area contributed by atoms with E-state index in [4.69, 9.17) is 9.47 Å². The van der Waals surface area contributed by atoms with Gasteiger partial charge in [0, 0.05) is 12.6 Å². The van der Waals surface area contributed by atoms with E-state index in [9.17, 15) is 13.2 Å². The molecule has 1 fully saturated rings. The number of hydrogen-bond acceptors (Lipinski definition) is 5. The number of benzene rings is 2. The second kappa shape index (κ2) is 9.70. The molecule has 3 rings (SSSR count). The van der Waals surface area contributed by atoms with Crippen LogP contribution >= 0.6 is 0 Å². The van der Waals surface area contributed by atoms with Gasteiger partial charge in [-0.3, -0.25) is 4.79 Å². The van der Waals surface area contributed by atoms with E-state index in [1.54, 1.807) is 6.07 Å². The van der Waals surface area contributed by atoms with Crippen molar-refractivity contribution >= 4 is 15.9 Å². The van der Waals surface area contributed by atoms with E-state index in [0.717, 1.165) is 12.0 Å². The van der Waals surface area contributed by atoms with Gasteiger partial charge in [-0.25, -0.2) is 8.42 Å².